The van der Waals surface area contributed by atoms with E-state index < -0.39 is 19.1 Å². The molecule has 124 valence electrons. The highest BCUT2D eigenvalue weighted by molar-refractivity contribution is 5.77. The van der Waals surface area contributed by atoms with Crippen LogP contribution in [0.2, 0.25) is 0 Å². The molecule has 1 rings (SSSR count). The van der Waals surface area contributed by atoms with Crippen molar-refractivity contribution in [2.75, 3.05) is 52.5 Å². The van der Waals surface area contributed by atoms with Gasteiger partial charge in [0.05, 0.1) is 6.54 Å². The van der Waals surface area contributed by atoms with E-state index in [2.05, 4.69) is 6.92 Å². The second-order valence-electron chi connectivity index (χ2n) is 5.43. The van der Waals surface area contributed by atoms with Crippen LogP contribution >= 0.6 is 0 Å². The third-order valence-electron chi connectivity index (χ3n) is 3.53. The fourth-order valence-corrected chi connectivity index (χ4v) is 2.24. The third-order valence-corrected chi connectivity index (χ3v) is 3.53. The summed E-state index contributed by atoms with van der Waals surface area (Å²) in [5, 5.41) is 8.57. The lowest BCUT2D eigenvalue weighted by Crippen LogP contribution is -2.52. The zero-order valence-electron chi connectivity index (χ0n) is 12.7. The molecular formula is C14H26F2N2O3. The van der Waals surface area contributed by atoms with Crippen LogP contribution in [0.15, 0.2) is 0 Å². The maximum absolute atomic E-state index is 13.1. The molecule has 1 heterocycles. The number of carbonyl (C=O) groups excluding carboxylic acids is 1. The van der Waals surface area contributed by atoms with Crippen molar-refractivity contribution in [3.8, 4) is 0 Å². The van der Waals surface area contributed by atoms with Crippen molar-refractivity contribution >= 4 is 5.91 Å². The lowest BCUT2D eigenvalue weighted by atomic mass is 10.2. The Kier molecular flexibility index (Phi) is 8.06. The van der Waals surface area contributed by atoms with Crippen molar-refractivity contribution in [2.45, 2.75) is 32.1 Å². The van der Waals surface area contributed by atoms with Gasteiger partial charge in [0.25, 0.3) is 5.92 Å². The number of rotatable bonds is 9. The second-order valence-corrected chi connectivity index (χ2v) is 5.43. The molecule has 21 heavy (non-hydrogen) atoms. The standard InChI is InChI=1S/C14H26F2N2O3/c1-2-3-4-9-21-10-13(20)18-7-5-17(6-8-18)11-14(15,16)12-19/h19H,2-12H2,1H3. The predicted octanol–water partition coefficient (Wildman–Crippen LogP) is 0.965. The molecule has 1 aliphatic rings. The quantitative estimate of drug-likeness (QED) is 0.645. The van der Waals surface area contributed by atoms with Crippen LogP contribution in [0.25, 0.3) is 0 Å². The monoisotopic (exact) mass is 308 g/mol. The zero-order valence-corrected chi connectivity index (χ0v) is 12.7. The van der Waals surface area contributed by atoms with E-state index in [1.54, 1.807) is 9.80 Å². The summed E-state index contributed by atoms with van der Waals surface area (Å²) in [5.74, 6) is -3.16. The van der Waals surface area contributed by atoms with E-state index in [-0.39, 0.29) is 12.5 Å². The van der Waals surface area contributed by atoms with Crippen LogP contribution in [0.4, 0.5) is 8.78 Å². The molecule has 5 nitrogen and oxygen atoms in total. The third kappa shape index (κ3) is 7.15. The van der Waals surface area contributed by atoms with Crippen LogP contribution in [-0.4, -0.2) is 79.3 Å². The summed E-state index contributed by atoms with van der Waals surface area (Å²) in [5.41, 5.74) is 0. The molecule has 0 radical (unpaired) electrons. The first kappa shape index (κ1) is 18.3. The van der Waals surface area contributed by atoms with E-state index >= 15 is 0 Å². The van der Waals surface area contributed by atoms with Gasteiger partial charge in [-0.25, -0.2) is 8.78 Å². The minimum absolute atomic E-state index is 0.0660. The van der Waals surface area contributed by atoms with E-state index in [9.17, 15) is 13.6 Å². The molecule has 0 aromatic rings. The van der Waals surface area contributed by atoms with Gasteiger partial charge < -0.3 is 14.7 Å². The number of unbranched alkanes of at least 4 members (excludes halogenated alkanes) is 2. The number of aliphatic hydroxyl groups is 1. The lowest BCUT2D eigenvalue weighted by molar-refractivity contribution is -0.139. The van der Waals surface area contributed by atoms with Crippen molar-refractivity contribution in [2.24, 2.45) is 0 Å². The van der Waals surface area contributed by atoms with Crippen LogP contribution < -0.4 is 0 Å². The molecule has 0 aromatic carbocycles. The number of amides is 1. The Morgan fingerprint density at radius 3 is 2.48 bits per heavy atom. The number of halogens is 2. The normalized spacial score (nSPS) is 17.2. The van der Waals surface area contributed by atoms with E-state index in [1.165, 1.54) is 0 Å². The molecule has 1 fully saturated rings. The Morgan fingerprint density at radius 2 is 1.90 bits per heavy atom. The molecule has 0 unspecified atom stereocenters. The minimum atomic E-state index is -3.07. The van der Waals surface area contributed by atoms with Crippen molar-refractivity contribution in [3.05, 3.63) is 0 Å². The Morgan fingerprint density at radius 1 is 1.24 bits per heavy atom. The van der Waals surface area contributed by atoms with Gasteiger partial charge in [-0.15, -0.1) is 0 Å². The number of carbonyl (C=O) groups is 1. The number of nitrogens with zero attached hydrogens (tertiary/aromatic N) is 2. The smallest absolute Gasteiger partial charge is 0.283 e. The Hall–Kier alpha value is -0.790. The average Bonchev–Trinajstić information content (AvgIpc) is 2.47. The number of hydrogen-bond acceptors (Lipinski definition) is 4. The fraction of sp³-hybridized carbons (Fsp3) is 0.929. The van der Waals surface area contributed by atoms with E-state index in [0.29, 0.717) is 32.8 Å². The largest absolute Gasteiger partial charge is 0.390 e. The van der Waals surface area contributed by atoms with E-state index in [4.69, 9.17) is 9.84 Å². The molecule has 1 amide bonds. The molecule has 0 bridgehead atoms. The molecule has 7 heteroatoms. The van der Waals surface area contributed by atoms with Crippen LogP contribution in [0.5, 0.6) is 0 Å². The summed E-state index contributed by atoms with van der Waals surface area (Å²) in [7, 11) is 0. The van der Waals surface area contributed by atoms with Crippen molar-refractivity contribution in [1.29, 1.82) is 0 Å². The predicted molar refractivity (Wildman–Crippen MR) is 75.4 cm³/mol. The van der Waals surface area contributed by atoms with Gasteiger partial charge in [0.2, 0.25) is 5.91 Å². The topological polar surface area (TPSA) is 53.0 Å². The Balaban J connectivity index is 2.18. The van der Waals surface area contributed by atoms with Gasteiger partial charge in [0.1, 0.15) is 13.2 Å². The first-order chi connectivity index (χ1) is 9.98. The minimum Gasteiger partial charge on any atom is -0.390 e. The van der Waals surface area contributed by atoms with E-state index in [0.717, 1.165) is 19.3 Å². The molecular weight excluding hydrogens is 282 g/mol. The molecule has 1 saturated heterocycles. The van der Waals surface area contributed by atoms with Gasteiger partial charge in [-0.05, 0) is 6.42 Å². The summed E-state index contributed by atoms with van der Waals surface area (Å²) < 4.78 is 31.5. The van der Waals surface area contributed by atoms with Gasteiger partial charge in [-0.3, -0.25) is 9.69 Å². The second kappa shape index (κ2) is 9.27. The highest BCUT2D eigenvalue weighted by Gasteiger charge is 2.32. The molecule has 0 aromatic heterocycles. The highest BCUT2D eigenvalue weighted by Crippen LogP contribution is 2.15. The van der Waals surface area contributed by atoms with Crippen molar-refractivity contribution < 1.29 is 23.4 Å². The van der Waals surface area contributed by atoms with E-state index in [1.807, 2.05) is 0 Å². The van der Waals surface area contributed by atoms with Gasteiger partial charge in [0, 0.05) is 32.8 Å². The number of alkyl halides is 2. The van der Waals surface area contributed by atoms with Gasteiger partial charge in [0.15, 0.2) is 0 Å². The van der Waals surface area contributed by atoms with Crippen LogP contribution in [0, 0.1) is 0 Å². The number of hydrogen-bond donors (Lipinski definition) is 1. The van der Waals surface area contributed by atoms with Gasteiger partial charge in [-0.1, -0.05) is 19.8 Å². The van der Waals surface area contributed by atoms with Crippen LogP contribution in [0.1, 0.15) is 26.2 Å². The maximum atomic E-state index is 13.1. The van der Waals surface area contributed by atoms with Gasteiger partial charge in [-0.2, -0.15) is 0 Å². The highest BCUT2D eigenvalue weighted by atomic mass is 19.3. The molecule has 0 saturated carbocycles. The molecule has 1 N–H and O–H groups in total. The SMILES string of the molecule is CCCCCOCC(=O)N1CCN(CC(F)(F)CO)CC1. The average molecular weight is 308 g/mol. The summed E-state index contributed by atoms with van der Waals surface area (Å²) >= 11 is 0. The van der Waals surface area contributed by atoms with Crippen LogP contribution in [-0.2, 0) is 9.53 Å². The Bertz CT molecular complexity index is 309. The number of aliphatic hydroxyl groups excluding tert-OH is 1. The van der Waals surface area contributed by atoms with Gasteiger partial charge >= 0.3 is 0 Å². The first-order valence-corrected chi connectivity index (χ1v) is 7.55. The summed E-state index contributed by atoms with van der Waals surface area (Å²) in [4.78, 5) is 15.1. The molecule has 0 atom stereocenters. The van der Waals surface area contributed by atoms with Crippen molar-refractivity contribution in [1.82, 2.24) is 9.80 Å². The first-order valence-electron chi connectivity index (χ1n) is 7.55. The lowest BCUT2D eigenvalue weighted by Gasteiger charge is -2.36. The molecule has 1 aliphatic heterocycles. The molecule has 0 aliphatic carbocycles. The summed E-state index contributed by atoms with van der Waals surface area (Å²) in [6.07, 6.45) is 3.15. The van der Waals surface area contributed by atoms with Crippen molar-refractivity contribution in [3.63, 3.8) is 0 Å². The summed E-state index contributed by atoms with van der Waals surface area (Å²) in [6.45, 7) is 2.81. The molecule has 0 spiro atoms. The maximum Gasteiger partial charge on any atom is 0.283 e. The number of piperazine rings is 1. The summed E-state index contributed by atoms with van der Waals surface area (Å²) in [6, 6.07) is 0. The number of ether oxygens (including phenoxy) is 1. The van der Waals surface area contributed by atoms with Crippen LogP contribution in [0.3, 0.4) is 0 Å². The Labute approximate surface area is 124 Å². The zero-order chi connectivity index (χ0) is 15.7. The fourth-order valence-electron chi connectivity index (χ4n) is 2.24.